The highest BCUT2D eigenvalue weighted by molar-refractivity contribution is 6.32. The van der Waals surface area contributed by atoms with Crippen LogP contribution in [0.15, 0.2) is 12.3 Å². The molecule has 2 N–H and O–H groups in total. The fraction of sp³-hybridized carbons (Fsp3) is 0.455. The Bertz CT molecular complexity index is 403. The van der Waals surface area contributed by atoms with E-state index in [1.165, 1.54) is 0 Å². The summed E-state index contributed by atoms with van der Waals surface area (Å²) < 4.78 is 0. The molecule has 0 radical (unpaired) electrons. The molecule has 1 saturated heterocycles. The van der Waals surface area contributed by atoms with Crippen LogP contribution in [0.25, 0.3) is 0 Å². The molecule has 1 fully saturated rings. The van der Waals surface area contributed by atoms with Crippen molar-refractivity contribution in [2.24, 2.45) is 0 Å². The average Bonchev–Trinajstić information content (AvgIpc) is 2.30. The lowest BCUT2D eigenvalue weighted by molar-refractivity contribution is 0.0696. The molecule has 0 unspecified atom stereocenters. The molecule has 5 heteroatoms. The molecule has 1 aliphatic rings. The number of hydrogen-bond donors (Lipinski definition) is 2. The molecular formula is C11H13ClN2O2. The Balaban J connectivity index is 2.27. The molecule has 86 valence electrons. The molecule has 4 nitrogen and oxygen atoms in total. The number of piperidine rings is 1. The number of nitrogens with one attached hydrogen (secondary N) is 1. The molecule has 0 bridgehead atoms. The van der Waals surface area contributed by atoms with E-state index in [0.29, 0.717) is 5.92 Å². The number of halogens is 1. The van der Waals surface area contributed by atoms with Gasteiger partial charge >= 0.3 is 5.97 Å². The van der Waals surface area contributed by atoms with Crippen LogP contribution in [0.2, 0.25) is 5.15 Å². The third kappa shape index (κ3) is 2.33. The number of aromatic carboxylic acids is 1. The number of hydrogen-bond acceptors (Lipinski definition) is 3. The van der Waals surface area contributed by atoms with Crippen LogP contribution in [-0.4, -0.2) is 29.1 Å². The zero-order valence-electron chi connectivity index (χ0n) is 8.74. The van der Waals surface area contributed by atoms with Crippen molar-refractivity contribution in [1.29, 1.82) is 0 Å². The van der Waals surface area contributed by atoms with Gasteiger partial charge in [0.1, 0.15) is 5.15 Å². The molecule has 2 rings (SSSR count). The fourth-order valence-corrected chi connectivity index (χ4v) is 2.18. The Labute approximate surface area is 98.6 Å². The molecule has 0 spiro atoms. The molecule has 2 heterocycles. The molecular weight excluding hydrogens is 228 g/mol. The summed E-state index contributed by atoms with van der Waals surface area (Å²) in [7, 11) is 0. The molecule has 0 aromatic carbocycles. The zero-order chi connectivity index (χ0) is 11.5. The maximum atomic E-state index is 10.9. The van der Waals surface area contributed by atoms with Crippen molar-refractivity contribution in [3.63, 3.8) is 0 Å². The van der Waals surface area contributed by atoms with Gasteiger partial charge in [0.05, 0.1) is 5.56 Å². The zero-order valence-corrected chi connectivity index (χ0v) is 9.50. The van der Waals surface area contributed by atoms with Crippen LogP contribution in [-0.2, 0) is 0 Å². The first-order valence-corrected chi connectivity index (χ1v) is 5.65. The second-order valence-corrected chi connectivity index (χ2v) is 4.29. The van der Waals surface area contributed by atoms with Crippen molar-refractivity contribution in [3.8, 4) is 0 Å². The Morgan fingerprint density at radius 3 is 2.81 bits per heavy atom. The van der Waals surface area contributed by atoms with Gasteiger partial charge in [-0.25, -0.2) is 9.78 Å². The van der Waals surface area contributed by atoms with Crippen LogP contribution in [0.3, 0.4) is 0 Å². The molecule has 0 aliphatic carbocycles. The molecule has 1 aromatic heterocycles. The van der Waals surface area contributed by atoms with Gasteiger partial charge in [0, 0.05) is 6.20 Å². The number of pyridine rings is 1. The monoisotopic (exact) mass is 240 g/mol. The summed E-state index contributed by atoms with van der Waals surface area (Å²) in [4.78, 5) is 14.9. The second kappa shape index (κ2) is 4.80. The summed E-state index contributed by atoms with van der Waals surface area (Å²) in [5.74, 6) is -0.627. The van der Waals surface area contributed by atoms with Crippen molar-refractivity contribution in [3.05, 3.63) is 28.5 Å². The first-order valence-electron chi connectivity index (χ1n) is 5.28. The van der Waals surface area contributed by atoms with Gasteiger partial charge < -0.3 is 10.4 Å². The molecule has 16 heavy (non-hydrogen) atoms. The fourth-order valence-electron chi connectivity index (χ4n) is 1.99. The predicted molar refractivity (Wildman–Crippen MR) is 61.1 cm³/mol. The number of carbonyl (C=O) groups is 1. The third-order valence-electron chi connectivity index (χ3n) is 2.90. The van der Waals surface area contributed by atoms with Gasteiger partial charge in [0.15, 0.2) is 0 Å². The van der Waals surface area contributed by atoms with E-state index in [1.807, 2.05) is 0 Å². The number of carboxylic acid groups (broad SMARTS) is 1. The average molecular weight is 241 g/mol. The van der Waals surface area contributed by atoms with Gasteiger partial charge in [-0.1, -0.05) is 11.6 Å². The summed E-state index contributed by atoms with van der Waals surface area (Å²) in [5, 5.41) is 12.3. The van der Waals surface area contributed by atoms with Crippen molar-refractivity contribution < 1.29 is 9.90 Å². The van der Waals surface area contributed by atoms with Gasteiger partial charge in [-0.15, -0.1) is 0 Å². The predicted octanol–water partition coefficient (Wildman–Crippen LogP) is 1.90. The minimum atomic E-state index is -1.02. The van der Waals surface area contributed by atoms with Crippen LogP contribution in [0.5, 0.6) is 0 Å². The highest BCUT2D eigenvalue weighted by atomic mass is 35.5. The topological polar surface area (TPSA) is 62.2 Å². The van der Waals surface area contributed by atoms with E-state index in [4.69, 9.17) is 16.7 Å². The number of aromatic nitrogens is 1. The maximum absolute atomic E-state index is 10.9. The minimum Gasteiger partial charge on any atom is -0.478 e. The van der Waals surface area contributed by atoms with Gasteiger partial charge in [0.2, 0.25) is 0 Å². The standard InChI is InChI=1S/C11H13ClN2O2/c12-10-9(11(15)16)5-8(6-14-10)7-1-3-13-4-2-7/h5-7,13H,1-4H2,(H,15,16). The van der Waals surface area contributed by atoms with Gasteiger partial charge in [0.25, 0.3) is 0 Å². The van der Waals surface area contributed by atoms with Crippen LogP contribution in [0.4, 0.5) is 0 Å². The normalized spacial score (nSPS) is 17.3. The second-order valence-electron chi connectivity index (χ2n) is 3.94. The lowest BCUT2D eigenvalue weighted by Crippen LogP contribution is -2.26. The molecule has 0 atom stereocenters. The Kier molecular flexibility index (Phi) is 3.41. The largest absolute Gasteiger partial charge is 0.478 e. The smallest absolute Gasteiger partial charge is 0.338 e. The van der Waals surface area contributed by atoms with Crippen LogP contribution < -0.4 is 5.32 Å². The van der Waals surface area contributed by atoms with E-state index < -0.39 is 5.97 Å². The van der Waals surface area contributed by atoms with E-state index >= 15 is 0 Å². The van der Waals surface area contributed by atoms with Crippen molar-refractivity contribution in [2.75, 3.05) is 13.1 Å². The molecule has 1 aliphatic heterocycles. The van der Waals surface area contributed by atoms with Crippen LogP contribution >= 0.6 is 11.6 Å². The van der Waals surface area contributed by atoms with Gasteiger partial charge in [-0.05, 0) is 43.5 Å². The quantitative estimate of drug-likeness (QED) is 0.775. The van der Waals surface area contributed by atoms with E-state index in [9.17, 15) is 4.79 Å². The summed E-state index contributed by atoms with van der Waals surface area (Å²) in [6, 6.07) is 1.65. The molecule has 0 saturated carbocycles. The summed E-state index contributed by atoms with van der Waals surface area (Å²) in [6.07, 6.45) is 3.72. The first kappa shape index (κ1) is 11.4. The van der Waals surface area contributed by atoms with Crippen LogP contribution in [0.1, 0.15) is 34.7 Å². The Hall–Kier alpha value is -1.13. The number of nitrogens with zero attached hydrogens (tertiary/aromatic N) is 1. The highest BCUT2D eigenvalue weighted by Crippen LogP contribution is 2.27. The van der Waals surface area contributed by atoms with Gasteiger partial charge in [-0.3, -0.25) is 0 Å². The Morgan fingerprint density at radius 2 is 2.19 bits per heavy atom. The third-order valence-corrected chi connectivity index (χ3v) is 3.20. The summed E-state index contributed by atoms with van der Waals surface area (Å²) >= 11 is 5.73. The van der Waals surface area contributed by atoms with Crippen molar-refractivity contribution in [1.82, 2.24) is 10.3 Å². The lowest BCUT2D eigenvalue weighted by Gasteiger charge is -2.22. The summed E-state index contributed by atoms with van der Waals surface area (Å²) in [6.45, 7) is 1.94. The van der Waals surface area contributed by atoms with Crippen molar-refractivity contribution in [2.45, 2.75) is 18.8 Å². The SMILES string of the molecule is O=C(O)c1cc(C2CCNCC2)cnc1Cl. The molecule has 1 aromatic rings. The first-order chi connectivity index (χ1) is 7.68. The Morgan fingerprint density at radius 1 is 1.50 bits per heavy atom. The van der Waals surface area contributed by atoms with E-state index in [-0.39, 0.29) is 10.7 Å². The maximum Gasteiger partial charge on any atom is 0.338 e. The van der Waals surface area contributed by atoms with Gasteiger partial charge in [-0.2, -0.15) is 0 Å². The number of carboxylic acids is 1. The molecule has 0 amide bonds. The minimum absolute atomic E-state index is 0.0604. The summed E-state index contributed by atoms with van der Waals surface area (Å²) in [5.41, 5.74) is 1.07. The van der Waals surface area contributed by atoms with E-state index in [2.05, 4.69) is 10.3 Å². The van der Waals surface area contributed by atoms with Crippen molar-refractivity contribution >= 4 is 17.6 Å². The van der Waals surface area contributed by atoms with E-state index in [0.717, 1.165) is 31.5 Å². The lowest BCUT2D eigenvalue weighted by atomic mass is 9.91. The highest BCUT2D eigenvalue weighted by Gasteiger charge is 2.18. The van der Waals surface area contributed by atoms with Crippen LogP contribution in [0, 0.1) is 0 Å². The van der Waals surface area contributed by atoms with E-state index in [1.54, 1.807) is 12.3 Å². The number of rotatable bonds is 2.